The number of nitrogens with zero attached hydrogens (tertiary/aromatic N) is 2. The smallest absolute Gasteiger partial charge is 0.134 e. The summed E-state index contributed by atoms with van der Waals surface area (Å²) in [6.45, 7) is 10.6. The van der Waals surface area contributed by atoms with Crippen LogP contribution in [-0.4, -0.2) is 23.1 Å². The van der Waals surface area contributed by atoms with Crippen LogP contribution in [0.2, 0.25) is 0 Å². The molecule has 96 valence electrons. The van der Waals surface area contributed by atoms with Crippen LogP contribution in [0, 0.1) is 5.92 Å². The Labute approximate surface area is 104 Å². The van der Waals surface area contributed by atoms with Gasteiger partial charge in [-0.2, -0.15) is 0 Å². The van der Waals surface area contributed by atoms with Gasteiger partial charge in [-0.15, -0.1) is 0 Å². The monoisotopic (exact) mass is 236 g/mol. The standard InChI is InChI=1S/C13H24N4/c1-5-7-14-12-11(6-2)13(17-9-16-12)15-8-10(3)4/h9-10H,5-8H2,1-4H3,(H2,14,15,16,17). The maximum Gasteiger partial charge on any atom is 0.134 e. The first-order valence-corrected chi connectivity index (χ1v) is 6.50. The fraction of sp³-hybridized carbons (Fsp3) is 0.692. The van der Waals surface area contributed by atoms with Crippen molar-refractivity contribution in [3.63, 3.8) is 0 Å². The van der Waals surface area contributed by atoms with Crippen molar-refractivity contribution in [1.82, 2.24) is 9.97 Å². The van der Waals surface area contributed by atoms with E-state index in [2.05, 4.69) is 48.3 Å². The second-order valence-corrected chi connectivity index (χ2v) is 4.60. The molecule has 4 nitrogen and oxygen atoms in total. The summed E-state index contributed by atoms with van der Waals surface area (Å²) in [5.41, 5.74) is 1.18. The van der Waals surface area contributed by atoms with Crippen molar-refractivity contribution < 1.29 is 0 Å². The van der Waals surface area contributed by atoms with Gasteiger partial charge in [0.15, 0.2) is 0 Å². The van der Waals surface area contributed by atoms with E-state index < -0.39 is 0 Å². The van der Waals surface area contributed by atoms with Crippen molar-refractivity contribution >= 4 is 11.6 Å². The zero-order valence-electron chi connectivity index (χ0n) is 11.4. The van der Waals surface area contributed by atoms with Crippen LogP contribution in [0.4, 0.5) is 11.6 Å². The van der Waals surface area contributed by atoms with Crippen LogP contribution in [0.1, 0.15) is 39.7 Å². The van der Waals surface area contributed by atoms with Crippen LogP contribution in [0.3, 0.4) is 0 Å². The Morgan fingerprint density at radius 3 is 2.29 bits per heavy atom. The molecule has 0 spiro atoms. The van der Waals surface area contributed by atoms with Gasteiger partial charge in [0.2, 0.25) is 0 Å². The molecule has 2 N–H and O–H groups in total. The Morgan fingerprint density at radius 1 is 1.12 bits per heavy atom. The topological polar surface area (TPSA) is 49.8 Å². The third-order valence-electron chi connectivity index (χ3n) is 2.52. The van der Waals surface area contributed by atoms with E-state index in [0.717, 1.165) is 37.6 Å². The molecule has 0 radical (unpaired) electrons. The number of hydrogen-bond donors (Lipinski definition) is 2. The molecule has 0 aliphatic carbocycles. The second-order valence-electron chi connectivity index (χ2n) is 4.60. The lowest BCUT2D eigenvalue weighted by Crippen LogP contribution is -2.13. The first kappa shape index (κ1) is 13.7. The molecule has 0 amide bonds. The number of nitrogens with one attached hydrogen (secondary N) is 2. The Hall–Kier alpha value is -1.32. The summed E-state index contributed by atoms with van der Waals surface area (Å²) < 4.78 is 0. The minimum absolute atomic E-state index is 0.613. The molecule has 1 rings (SSSR count). The highest BCUT2D eigenvalue weighted by Gasteiger charge is 2.09. The number of anilines is 2. The van der Waals surface area contributed by atoms with Crippen molar-refractivity contribution in [2.45, 2.75) is 40.5 Å². The zero-order valence-corrected chi connectivity index (χ0v) is 11.4. The van der Waals surface area contributed by atoms with Crippen LogP contribution in [-0.2, 0) is 6.42 Å². The third-order valence-corrected chi connectivity index (χ3v) is 2.52. The lowest BCUT2D eigenvalue weighted by Gasteiger charge is -2.15. The van der Waals surface area contributed by atoms with Crippen molar-refractivity contribution in [3.05, 3.63) is 11.9 Å². The van der Waals surface area contributed by atoms with E-state index >= 15 is 0 Å². The molecule has 0 aromatic carbocycles. The lowest BCUT2D eigenvalue weighted by atomic mass is 10.2. The van der Waals surface area contributed by atoms with Crippen molar-refractivity contribution in [2.24, 2.45) is 5.92 Å². The van der Waals surface area contributed by atoms with Gasteiger partial charge < -0.3 is 10.6 Å². The molecule has 0 bridgehead atoms. The molecular weight excluding hydrogens is 212 g/mol. The first-order chi connectivity index (χ1) is 8.19. The summed E-state index contributed by atoms with van der Waals surface area (Å²) in [6.07, 6.45) is 3.66. The van der Waals surface area contributed by atoms with E-state index in [1.807, 2.05) is 0 Å². The SMILES string of the molecule is CCCNc1ncnc(NCC(C)C)c1CC. The summed E-state index contributed by atoms with van der Waals surface area (Å²) in [5.74, 6) is 2.55. The predicted molar refractivity (Wildman–Crippen MR) is 73.5 cm³/mol. The average molecular weight is 236 g/mol. The maximum atomic E-state index is 4.33. The van der Waals surface area contributed by atoms with E-state index in [-0.39, 0.29) is 0 Å². The molecular formula is C13H24N4. The Kier molecular flexibility index (Phi) is 5.73. The molecule has 0 saturated carbocycles. The molecule has 1 aromatic rings. The van der Waals surface area contributed by atoms with Gasteiger partial charge in [0.05, 0.1) is 0 Å². The predicted octanol–water partition coefficient (Wildman–Crippen LogP) is 2.93. The summed E-state index contributed by atoms with van der Waals surface area (Å²) in [4.78, 5) is 8.64. The van der Waals surface area contributed by atoms with E-state index in [4.69, 9.17) is 0 Å². The summed E-state index contributed by atoms with van der Waals surface area (Å²) in [7, 11) is 0. The third kappa shape index (κ3) is 4.21. The molecule has 0 saturated heterocycles. The minimum Gasteiger partial charge on any atom is -0.370 e. The van der Waals surface area contributed by atoms with Gasteiger partial charge in [-0.1, -0.05) is 27.7 Å². The van der Waals surface area contributed by atoms with E-state index in [0.29, 0.717) is 5.92 Å². The maximum absolute atomic E-state index is 4.33. The van der Waals surface area contributed by atoms with E-state index in [9.17, 15) is 0 Å². The van der Waals surface area contributed by atoms with Crippen molar-refractivity contribution in [3.8, 4) is 0 Å². The molecule has 17 heavy (non-hydrogen) atoms. The van der Waals surface area contributed by atoms with Crippen LogP contribution < -0.4 is 10.6 Å². The molecule has 4 heteroatoms. The fourth-order valence-corrected chi connectivity index (χ4v) is 1.60. The highest BCUT2D eigenvalue weighted by Crippen LogP contribution is 2.20. The molecule has 1 aromatic heterocycles. The molecule has 0 atom stereocenters. The van der Waals surface area contributed by atoms with E-state index in [1.165, 1.54) is 5.56 Å². The van der Waals surface area contributed by atoms with Crippen LogP contribution in [0.25, 0.3) is 0 Å². The van der Waals surface area contributed by atoms with Crippen LogP contribution in [0.5, 0.6) is 0 Å². The van der Waals surface area contributed by atoms with Gasteiger partial charge in [-0.3, -0.25) is 0 Å². The lowest BCUT2D eigenvalue weighted by molar-refractivity contribution is 0.686. The molecule has 0 aliphatic rings. The molecule has 0 fully saturated rings. The Morgan fingerprint density at radius 2 is 1.76 bits per heavy atom. The van der Waals surface area contributed by atoms with Gasteiger partial charge >= 0.3 is 0 Å². The molecule has 0 unspecified atom stereocenters. The highest BCUT2D eigenvalue weighted by molar-refractivity contribution is 5.57. The van der Waals surface area contributed by atoms with Gasteiger partial charge in [0.25, 0.3) is 0 Å². The van der Waals surface area contributed by atoms with Crippen molar-refractivity contribution in [1.29, 1.82) is 0 Å². The van der Waals surface area contributed by atoms with Gasteiger partial charge in [0, 0.05) is 18.7 Å². The van der Waals surface area contributed by atoms with Gasteiger partial charge in [-0.25, -0.2) is 9.97 Å². The molecule has 1 heterocycles. The van der Waals surface area contributed by atoms with E-state index in [1.54, 1.807) is 6.33 Å². The summed E-state index contributed by atoms with van der Waals surface area (Å²) in [5, 5.41) is 6.74. The van der Waals surface area contributed by atoms with Gasteiger partial charge in [-0.05, 0) is 18.8 Å². The highest BCUT2D eigenvalue weighted by atomic mass is 15.1. The number of rotatable bonds is 7. The second kappa shape index (κ2) is 7.09. The Balaban J connectivity index is 2.81. The Bertz CT molecular complexity index is 336. The quantitative estimate of drug-likeness (QED) is 0.764. The van der Waals surface area contributed by atoms with Crippen LogP contribution in [0.15, 0.2) is 6.33 Å². The average Bonchev–Trinajstić information content (AvgIpc) is 2.33. The van der Waals surface area contributed by atoms with Crippen molar-refractivity contribution in [2.75, 3.05) is 23.7 Å². The zero-order chi connectivity index (χ0) is 12.7. The summed E-state index contributed by atoms with van der Waals surface area (Å²) >= 11 is 0. The first-order valence-electron chi connectivity index (χ1n) is 6.50. The van der Waals surface area contributed by atoms with Crippen LogP contribution >= 0.6 is 0 Å². The summed E-state index contributed by atoms with van der Waals surface area (Å²) in [6, 6.07) is 0. The fourth-order valence-electron chi connectivity index (χ4n) is 1.60. The normalized spacial score (nSPS) is 10.6. The molecule has 0 aliphatic heterocycles. The number of hydrogen-bond acceptors (Lipinski definition) is 4. The largest absolute Gasteiger partial charge is 0.370 e. The number of aromatic nitrogens is 2. The van der Waals surface area contributed by atoms with Gasteiger partial charge in [0.1, 0.15) is 18.0 Å². The minimum atomic E-state index is 0.613.